The second kappa shape index (κ2) is 7.29. The first kappa shape index (κ1) is 19.1. The van der Waals surface area contributed by atoms with Crippen molar-refractivity contribution in [3.05, 3.63) is 53.2 Å². The van der Waals surface area contributed by atoms with E-state index in [0.717, 1.165) is 32.7 Å². The van der Waals surface area contributed by atoms with Gasteiger partial charge in [-0.3, -0.25) is 14.9 Å². The molecule has 2 N–H and O–H groups in total. The lowest BCUT2D eigenvalue weighted by Gasteiger charge is -2.60. The minimum absolute atomic E-state index is 0. The van der Waals surface area contributed by atoms with Crippen molar-refractivity contribution in [2.24, 2.45) is 5.41 Å². The fourth-order valence-electron chi connectivity index (χ4n) is 4.12. The van der Waals surface area contributed by atoms with E-state index in [9.17, 15) is 4.79 Å². The maximum atomic E-state index is 11.3. The van der Waals surface area contributed by atoms with E-state index >= 15 is 0 Å². The molecule has 3 aromatic rings. The van der Waals surface area contributed by atoms with Crippen LogP contribution in [0.15, 0.2) is 42.7 Å². The van der Waals surface area contributed by atoms with E-state index in [4.69, 9.17) is 5.21 Å². The highest BCUT2D eigenvalue weighted by molar-refractivity contribution is 7.19. The molecule has 0 saturated carbocycles. The van der Waals surface area contributed by atoms with Gasteiger partial charge in [-0.15, -0.1) is 23.7 Å². The van der Waals surface area contributed by atoms with E-state index in [1.54, 1.807) is 5.48 Å². The van der Waals surface area contributed by atoms with Gasteiger partial charge in [-0.2, -0.15) is 0 Å². The largest absolute Gasteiger partial charge is 0.339 e. The molecule has 1 amide bonds. The van der Waals surface area contributed by atoms with Crippen LogP contribution in [0.2, 0.25) is 0 Å². The first-order valence-corrected chi connectivity index (χ1v) is 9.67. The predicted octanol–water partition coefficient (Wildman–Crippen LogP) is 2.55. The predicted molar refractivity (Wildman–Crippen MR) is 110 cm³/mol. The maximum absolute atomic E-state index is 11.3. The summed E-state index contributed by atoms with van der Waals surface area (Å²) >= 11 is 1.88. The molecule has 28 heavy (non-hydrogen) atoms. The molecule has 2 aromatic heterocycles. The average molecular weight is 418 g/mol. The van der Waals surface area contributed by atoms with Crippen LogP contribution < -0.4 is 10.4 Å². The quantitative estimate of drug-likeness (QED) is 0.501. The minimum Gasteiger partial charge on any atom is -0.339 e. The van der Waals surface area contributed by atoms with Gasteiger partial charge in [0.15, 0.2) is 0 Å². The van der Waals surface area contributed by atoms with E-state index in [2.05, 4.69) is 50.1 Å². The number of amides is 1. The number of hydrogen-bond acceptors (Lipinski definition) is 7. The van der Waals surface area contributed by atoms with E-state index in [0.29, 0.717) is 11.4 Å². The summed E-state index contributed by atoms with van der Waals surface area (Å²) in [5.74, 6) is 0.0376. The van der Waals surface area contributed by atoms with Gasteiger partial charge in [0.1, 0.15) is 0 Å². The lowest BCUT2D eigenvalue weighted by Crippen LogP contribution is -2.72. The second-order valence-corrected chi connectivity index (χ2v) is 8.63. The number of anilines is 1. The lowest BCUT2D eigenvalue weighted by atomic mass is 9.73. The molecular formula is C19H20ClN5O2S. The van der Waals surface area contributed by atoms with Gasteiger partial charge < -0.3 is 4.90 Å². The van der Waals surface area contributed by atoms with Crippen LogP contribution in [0.1, 0.15) is 15.2 Å². The third-order valence-corrected chi connectivity index (χ3v) is 6.41. The molecule has 4 heterocycles. The fraction of sp³-hybridized carbons (Fsp3) is 0.316. The lowest BCUT2D eigenvalue weighted by molar-refractivity contribution is -0.0274. The van der Waals surface area contributed by atoms with Crippen molar-refractivity contribution in [2.45, 2.75) is 6.54 Å². The molecule has 2 saturated heterocycles. The summed E-state index contributed by atoms with van der Waals surface area (Å²) in [6, 6.07) is 10.8. The van der Waals surface area contributed by atoms with Crippen LogP contribution in [0, 0.1) is 5.41 Å². The van der Waals surface area contributed by atoms with Crippen molar-refractivity contribution in [1.29, 1.82) is 0 Å². The van der Waals surface area contributed by atoms with Gasteiger partial charge >= 0.3 is 0 Å². The van der Waals surface area contributed by atoms with Gasteiger partial charge in [-0.1, -0.05) is 18.2 Å². The number of aromatic nitrogens is 2. The monoisotopic (exact) mass is 417 g/mol. The Bertz CT molecular complexity index is 962. The number of likely N-dealkylation sites (tertiary alicyclic amines) is 1. The molecule has 0 atom stereocenters. The number of nitrogens with zero attached hydrogens (tertiary/aromatic N) is 4. The average Bonchev–Trinajstić information content (AvgIpc) is 3.04. The third-order valence-electron chi connectivity index (χ3n) is 5.31. The summed E-state index contributed by atoms with van der Waals surface area (Å²) in [6.07, 6.45) is 2.88. The number of nitrogens with one attached hydrogen (secondary N) is 1. The second-order valence-electron chi connectivity index (χ2n) is 7.46. The van der Waals surface area contributed by atoms with E-state index < -0.39 is 5.91 Å². The normalized spacial score (nSPS) is 17.7. The molecule has 0 aliphatic carbocycles. The zero-order valence-corrected chi connectivity index (χ0v) is 16.7. The van der Waals surface area contributed by atoms with Crippen LogP contribution >= 0.6 is 23.7 Å². The molecule has 5 rings (SSSR count). The van der Waals surface area contributed by atoms with Crippen molar-refractivity contribution in [2.75, 3.05) is 31.1 Å². The number of carbonyl (C=O) groups is 1. The summed E-state index contributed by atoms with van der Waals surface area (Å²) in [6.45, 7) is 5.11. The summed E-state index contributed by atoms with van der Waals surface area (Å²) in [7, 11) is 0. The number of hydroxylamine groups is 1. The number of hydrogen-bond donors (Lipinski definition) is 2. The zero-order chi connectivity index (χ0) is 18.4. The highest BCUT2D eigenvalue weighted by Gasteiger charge is 2.52. The molecule has 146 valence electrons. The summed E-state index contributed by atoms with van der Waals surface area (Å²) < 4.78 is 1.35. The summed E-state index contributed by atoms with van der Waals surface area (Å²) in [4.78, 5) is 25.8. The molecule has 9 heteroatoms. The summed E-state index contributed by atoms with van der Waals surface area (Å²) in [5, 5.41) is 9.97. The Morgan fingerprint density at radius 2 is 1.89 bits per heavy atom. The van der Waals surface area contributed by atoms with Crippen LogP contribution in [-0.4, -0.2) is 52.2 Å². The maximum Gasteiger partial charge on any atom is 0.277 e. The number of rotatable bonds is 4. The molecule has 1 aromatic carbocycles. The van der Waals surface area contributed by atoms with Crippen LogP contribution in [0.5, 0.6) is 0 Å². The number of fused-ring (bicyclic) bond motifs is 1. The molecule has 0 bridgehead atoms. The Morgan fingerprint density at radius 1 is 1.18 bits per heavy atom. The molecule has 0 unspecified atom stereocenters. The molecule has 2 fully saturated rings. The SMILES string of the molecule is Cl.O=C(NO)c1cnc(N2CC3(CN(Cc4cc5ccccc5s4)C3)C2)nc1. The molecule has 7 nitrogen and oxygen atoms in total. The van der Waals surface area contributed by atoms with Gasteiger partial charge in [0, 0.05) is 60.1 Å². The van der Waals surface area contributed by atoms with Crippen molar-refractivity contribution in [1.82, 2.24) is 20.3 Å². The van der Waals surface area contributed by atoms with Crippen molar-refractivity contribution >= 4 is 45.7 Å². The van der Waals surface area contributed by atoms with Crippen molar-refractivity contribution < 1.29 is 10.0 Å². The zero-order valence-electron chi connectivity index (χ0n) is 15.0. The fourth-order valence-corrected chi connectivity index (χ4v) is 5.23. The van der Waals surface area contributed by atoms with E-state index in [-0.39, 0.29) is 18.0 Å². The number of carbonyl (C=O) groups excluding carboxylic acids is 1. The van der Waals surface area contributed by atoms with Gasteiger partial charge in [-0.05, 0) is 17.5 Å². The number of thiophene rings is 1. The van der Waals surface area contributed by atoms with Gasteiger partial charge in [-0.25, -0.2) is 15.4 Å². The molecule has 0 radical (unpaired) electrons. The Hall–Kier alpha value is -2.26. The molecular weight excluding hydrogens is 398 g/mol. The number of halogens is 1. The third kappa shape index (κ3) is 3.33. The Morgan fingerprint density at radius 3 is 2.57 bits per heavy atom. The standard InChI is InChI=1S/C19H19N5O2S.ClH/c25-17(22-26)14-6-20-18(21-7-14)24-11-19(12-24)9-23(10-19)8-15-5-13-3-1-2-4-16(13)27-15;/h1-7,26H,8-12H2,(H,22,25);1H. The Kier molecular flexibility index (Phi) is 4.96. The van der Waals surface area contributed by atoms with Crippen molar-refractivity contribution in [3.8, 4) is 0 Å². The molecule has 2 aliphatic heterocycles. The van der Waals surface area contributed by atoms with Crippen LogP contribution in [0.4, 0.5) is 5.95 Å². The van der Waals surface area contributed by atoms with Crippen LogP contribution in [0.25, 0.3) is 10.1 Å². The van der Waals surface area contributed by atoms with Crippen LogP contribution in [-0.2, 0) is 6.54 Å². The van der Waals surface area contributed by atoms with E-state index in [1.165, 1.54) is 27.4 Å². The van der Waals surface area contributed by atoms with E-state index in [1.807, 2.05) is 11.3 Å². The molecule has 2 aliphatic rings. The first-order valence-electron chi connectivity index (χ1n) is 8.85. The highest BCUT2D eigenvalue weighted by Crippen LogP contribution is 2.42. The van der Waals surface area contributed by atoms with Crippen LogP contribution in [0.3, 0.4) is 0 Å². The first-order chi connectivity index (χ1) is 13.1. The smallest absolute Gasteiger partial charge is 0.277 e. The van der Waals surface area contributed by atoms with Gasteiger partial charge in [0.05, 0.1) is 5.56 Å². The van der Waals surface area contributed by atoms with Crippen molar-refractivity contribution in [3.63, 3.8) is 0 Å². The highest BCUT2D eigenvalue weighted by atomic mass is 35.5. The molecule has 1 spiro atoms. The topological polar surface area (TPSA) is 81.6 Å². The van der Waals surface area contributed by atoms with Gasteiger partial charge in [0.2, 0.25) is 5.95 Å². The summed E-state index contributed by atoms with van der Waals surface area (Å²) in [5.41, 5.74) is 2.18. The number of benzene rings is 1. The Balaban J connectivity index is 0.00000192. The van der Waals surface area contributed by atoms with Gasteiger partial charge in [0.25, 0.3) is 5.91 Å². The Labute approximate surface area is 172 Å². The minimum atomic E-state index is -0.600.